The maximum absolute atomic E-state index is 3.54. The van der Waals surface area contributed by atoms with Crippen molar-refractivity contribution in [3.63, 3.8) is 0 Å². The molecule has 1 aliphatic heterocycles. The zero-order valence-electron chi connectivity index (χ0n) is 4.93. The third-order valence-electron chi connectivity index (χ3n) is 1.33. The minimum absolute atomic E-state index is 0. The molecule has 1 fully saturated rings. The van der Waals surface area contributed by atoms with Crippen LogP contribution in [0.5, 0.6) is 0 Å². The van der Waals surface area contributed by atoms with Crippen LogP contribution in [0.15, 0.2) is 0 Å². The van der Waals surface area contributed by atoms with Gasteiger partial charge in [0.1, 0.15) is 0 Å². The van der Waals surface area contributed by atoms with Crippen molar-refractivity contribution >= 4 is 32.9 Å². The summed E-state index contributed by atoms with van der Waals surface area (Å²) in [5.41, 5.74) is 0. The number of likely N-dealkylation sites (tertiary alicyclic amines) is 1. The number of nitrogens with zero attached hydrogens (tertiary/aromatic N) is 1. The first-order valence-corrected chi connectivity index (χ1v) is 3.53. The molecule has 0 aromatic heterocycles. The van der Waals surface area contributed by atoms with Crippen molar-refractivity contribution in [2.24, 2.45) is 0 Å². The van der Waals surface area contributed by atoms with Gasteiger partial charge < -0.3 is 4.90 Å². The van der Waals surface area contributed by atoms with E-state index in [-0.39, 0.29) is 17.0 Å². The normalized spacial score (nSPS) is 30.0. The van der Waals surface area contributed by atoms with Gasteiger partial charge in [-0.15, -0.1) is 17.0 Å². The van der Waals surface area contributed by atoms with Gasteiger partial charge in [-0.05, 0) is 20.0 Å². The van der Waals surface area contributed by atoms with Crippen LogP contribution in [0.2, 0.25) is 0 Å². The van der Waals surface area contributed by atoms with E-state index >= 15 is 0 Å². The highest BCUT2D eigenvalue weighted by Gasteiger charge is 2.14. The first kappa shape index (κ1) is 8.92. The van der Waals surface area contributed by atoms with Crippen LogP contribution >= 0.6 is 32.9 Å². The lowest BCUT2D eigenvalue weighted by Gasteiger charge is -2.02. The fraction of sp³-hybridized carbons (Fsp3) is 1.00. The fourth-order valence-electron chi connectivity index (χ4n) is 0.881. The van der Waals surface area contributed by atoms with Crippen molar-refractivity contribution in [1.82, 2.24) is 4.90 Å². The van der Waals surface area contributed by atoms with Gasteiger partial charge in [0.15, 0.2) is 0 Å². The molecule has 0 aromatic carbocycles. The van der Waals surface area contributed by atoms with Gasteiger partial charge in [-0.2, -0.15) is 0 Å². The topological polar surface area (TPSA) is 3.24 Å². The van der Waals surface area contributed by atoms with Crippen LogP contribution in [0.25, 0.3) is 0 Å². The molecule has 1 rings (SSSR count). The van der Waals surface area contributed by atoms with Crippen LogP contribution in [0.3, 0.4) is 0 Å². The number of hydrogen-bond donors (Lipinski definition) is 0. The van der Waals surface area contributed by atoms with Crippen molar-refractivity contribution in [3.8, 4) is 0 Å². The molecule has 50 valence electrons. The summed E-state index contributed by atoms with van der Waals surface area (Å²) in [6.45, 7) is 2.48. The summed E-state index contributed by atoms with van der Waals surface area (Å²) in [6.07, 6.45) is 1.32. The number of alkyl halides is 1. The van der Waals surface area contributed by atoms with Crippen molar-refractivity contribution in [3.05, 3.63) is 0 Å². The average Bonchev–Trinajstić information content (AvgIpc) is 1.87. The summed E-state index contributed by atoms with van der Waals surface area (Å²) in [5.74, 6) is 0. The van der Waals surface area contributed by atoms with Crippen molar-refractivity contribution in [2.75, 3.05) is 20.1 Å². The highest BCUT2D eigenvalue weighted by molar-refractivity contribution is 9.09. The van der Waals surface area contributed by atoms with E-state index in [1.54, 1.807) is 0 Å². The number of hydrogen-bond acceptors (Lipinski definition) is 1. The monoisotopic (exact) mass is 243 g/mol. The molecule has 0 N–H and O–H groups in total. The molecule has 1 aliphatic rings. The second-order valence-electron chi connectivity index (χ2n) is 2.15. The Bertz CT molecular complexity index is 59.4. The van der Waals surface area contributed by atoms with Crippen LogP contribution in [0, 0.1) is 0 Å². The van der Waals surface area contributed by atoms with Gasteiger partial charge >= 0.3 is 0 Å². The molecule has 0 radical (unpaired) electrons. The van der Waals surface area contributed by atoms with Crippen molar-refractivity contribution < 1.29 is 0 Å². The van der Waals surface area contributed by atoms with Crippen molar-refractivity contribution in [2.45, 2.75) is 11.2 Å². The van der Waals surface area contributed by atoms with E-state index in [1.807, 2.05) is 0 Å². The molecular weight excluding hydrogens is 234 g/mol. The largest absolute Gasteiger partial charge is 0.305 e. The Morgan fingerprint density at radius 2 is 2.25 bits per heavy atom. The lowest BCUT2D eigenvalue weighted by atomic mass is 10.4. The van der Waals surface area contributed by atoms with Crippen LogP contribution in [-0.2, 0) is 0 Å². The molecule has 0 aliphatic carbocycles. The standard InChI is InChI=1S/C5H10BrN.BrH/c1-7-3-2-5(6)4-7;/h5H,2-4H2,1H3;1H. The summed E-state index contributed by atoms with van der Waals surface area (Å²) in [5, 5.41) is 0. The van der Waals surface area contributed by atoms with E-state index in [2.05, 4.69) is 27.9 Å². The Morgan fingerprint density at radius 1 is 1.62 bits per heavy atom. The van der Waals surface area contributed by atoms with Crippen LogP contribution in [0.1, 0.15) is 6.42 Å². The van der Waals surface area contributed by atoms with E-state index < -0.39 is 0 Å². The summed E-state index contributed by atoms with van der Waals surface area (Å²) in [6, 6.07) is 0. The van der Waals surface area contributed by atoms with Gasteiger partial charge in [0.05, 0.1) is 0 Å². The van der Waals surface area contributed by atoms with E-state index in [9.17, 15) is 0 Å². The maximum atomic E-state index is 3.54. The quantitative estimate of drug-likeness (QED) is 0.586. The fourth-order valence-corrected chi connectivity index (χ4v) is 1.58. The molecule has 0 saturated carbocycles. The van der Waals surface area contributed by atoms with Gasteiger partial charge in [-0.1, -0.05) is 15.9 Å². The van der Waals surface area contributed by atoms with Gasteiger partial charge in [-0.25, -0.2) is 0 Å². The molecule has 0 aromatic rings. The molecule has 0 bridgehead atoms. The molecule has 0 amide bonds. The molecule has 1 saturated heterocycles. The van der Waals surface area contributed by atoms with Crippen LogP contribution in [0.4, 0.5) is 0 Å². The summed E-state index contributed by atoms with van der Waals surface area (Å²) < 4.78 is 0. The third kappa shape index (κ3) is 2.46. The predicted octanol–water partition coefficient (Wildman–Crippen LogP) is 1.66. The zero-order valence-corrected chi connectivity index (χ0v) is 8.23. The van der Waals surface area contributed by atoms with Crippen LogP contribution in [-0.4, -0.2) is 29.9 Å². The zero-order chi connectivity index (χ0) is 5.28. The van der Waals surface area contributed by atoms with Gasteiger partial charge in [0.25, 0.3) is 0 Å². The second-order valence-corrected chi connectivity index (χ2v) is 3.44. The van der Waals surface area contributed by atoms with Crippen LogP contribution < -0.4 is 0 Å². The molecule has 8 heavy (non-hydrogen) atoms. The lowest BCUT2D eigenvalue weighted by Crippen LogP contribution is -2.13. The first-order chi connectivity index (χ1) is 3.29. The lowest BCUT2D eigenvalue weighted by molar-refractivity contribution is 0.419. The third-order valence-corrected chi connectivity index (χ3v) is 2.08. The summed E-state index contributed by atoms with van der Waals surface area (Å²) in [4.78, 5) is 3.09. The first-order valence-electron chi connectivity index (χ1n) is 2.61. The van der Waals surface area contributed by atoms with E-state index in [4.69, 9.17) is 0 Å². The van der Waals surface area contributed by atoms with Gasteiger partial charge in [-0.3, -0.25) is 0 Å². The van der Waals surface area contributed by atoms with E-state index in [0.29, 0.717) is 0 Å². The Labute approximate surface area is 69.3 Å². The van der Waals surface area contributed by atoms with E-state index in [0.717, 1.165) is 4.83 Å². The van der Waals surface area contributed by atoms with Gasteiger partial charge in [0, 0.05) is 11.4 Å². The molecule has 3 heteroatoms. The molecule has 1 unspecified atom stereocenters. The average molecular weight is 245 g/mol. The summed E-state index contributed by atoms with van der Waals surface area (Å²) >= 11 is 3.54. The molecule has 0 spiro atoms. The predicted molar refractivity (Wildman–Crippen MR) is 45.2 cm³/mol. The Balaban J connectivity index is 0.000000490. The minimum Gasteiger partial charge on any atom is -0.305 e. The maximum Gasteiger partial charge on any atom is 0.0285 e. The molecule has 1 nitrogen and oxygen atoms in total. The van der Waals surface area contributed by atoms with Gasteiger partial charge in [0.2, 0.25) is 0 Å². The second kappa shape index (κ2) is 3.85. The highest BCUT2D eigenvalue weighted by atomic mass is 79.9. The Morgan fingerprint density at radius 3 is 2.38 bits per heavy atom. The molecule has 1 heterocycles. The smallest absolute Gasteiger partial charge is 0.0285 e. The number of rotatable bonds is 0. The number of halogens is 2. The Hall–Kier alpha value is 0.920. The molecular formula is C5H11Br2N. The SMILES string of the molecule is Br.CN1CCC(Br)C1. The Kier molecular flexibility index (Phi) is 4.30. The molecule has 1 atom stereocenters. The minimum atomic E-state index is 0. The van der Waals surface area contributed by atoms with Crippen molar-refractivity contribution in [1.29, 1.82) is 0 Å². The van der Waals surface area contributed by atoms with E-state index in [1.165, 1.54) is 19.5 Å². The summed E-state index contributed by atoms with van der Waals surface area (Å²) in [7, 11) is 2.15. The highest BCUT2D eigenvalue weighted by Crippen LogP contribution is 2.13.